The normalized spacial score (nSPS) is 9.81. The molecular formula is C12H15NO3. The van der Waals surface area contributed by atoms with E-state index in [1.807, 2.05) is 6.92 Å². The van der Waals surface area contributed by atoms with E-state index < -0.39 is 5.97 Å². The maximum atomic E-state index is 11.4. The summed E-state index contributed by atoms with van der Waals surface area (Å²) >= 11 is 0. The number of carbonyl (C=O) groups excluding carboxylic acids is 1. The van der Waals surface area contributed by atoms with Gasteiger partial charge in [-0.3, -0.25) is 4.79 Å². The molecule has 0 atom stereocenters. The highest BCUT2D eigenvalue weighted by atomic mass is 16.4. The number of hydrogen-bond donors (Lipinski definition) is 2. The van der Waals surface area contributed by atoms with Crippen LogP contribution in [0.1, 0.15) is 36.5 Å². The minimum absolute atomic E-state index is 0.0371. The van der Waals surface area contributed by atoms with Crippen LogP contribution in [0.25, 0.3) is 0 Å². The van der Waals surface area contributed by atoms with Crippen LogP contribution in [0.4, 0.5) is 5.69 Å². The molecule has 1 rings (SSSR count). The number of rotatable bonds is 5. The number of carbonyl (C=O) groups is 2. The predicted octanol–water partition coefficient (Wildman–Crippen LogP) is 2.51. The second-order valence-electron chi connectivity index (χ2n) is 3.53. The van der Waals surface area contributed by atoms with Crippen molar-refractivity contribution in [3.8, 4) is 0 Å². The predicted molar refractivity (Wildman–Crippen MR) is 61.6 cm³/mol. The van der Waals surface area contributed by atoms with Gasteiger partial charge in [0.1, 0.15) is 0 Å². The van der Waals surface area contributed by atoms with Crippen LogP contribution in [-0.4, -0.2) is 17.0 Å². The van der Waals surface area contributed by atoms with Crippen molar-refractivity contribution >= 4 is 17.6 Å². The third-order valence-electron chi connectivity index (χ3n) is 2.17. The molecule has 1 amide bonds. The van der Waals surface area contributed by atoms with Crippen molar-refractivity contribution in [2.75, 3.05) is 5.32 Å². The van der Waals surface area contributed by atoms with E-state index in [0.717, 1.165) is 12.8 Å². The standard InChI is InChI=1S/C12H15NO3/c1-2-3-4-11(14)13-10-7-5-9(6-8-10)12(15)16/h5-8H,2-4H2,1H3,(H,13,14)(H,15,16). The first-order chi connectivity index (χ1) is 7.63. The van der Waals surface area contributed by atoms with Crippen LogP contribution in [0, 0.1) is 0 Å². The maximum absolute atomic E-state index is 11.4. The van der Waals surface area contributed by atoms with Crippen molar-refractivity contribution < 1.29 is 14.7 Å². The van der Waals surface area contributed by atoms with Gasteiger partial charge in [-0.2, -0.15) is 0 Å². The number of aromatic carboxylic acids is 1. The lowest BCUT2D eigenvalue weighted by atomic mass is 10.2. The molecule has 0 unspecified atom stereocenters. The highest BCUT2D eigenvalue weighted by molar-refractivity contribution is 5.92. The topological polar surface area (TPSA) is 66.4 Å². The summed E-state index contributed by atoms with van der Waals surface area (Å²) in [5.41, 5.74) is 0.845. The van der Waals surface area contributed by atoms with E-state index in [4.69, 9.17) is 5.11 Å². The molecular weight excluding hydrogens is 206 g/mol. The first-order valence-electron chi connectivity index (χ1n) is 5.26. The van der Waals surface area contributed by atoms with Crippen molar-refractivity contribution in [2.24, 2.45) is 0 Å². The minimum Gasteiger partial charge on any atom is -0.478 e. The van der Waals surface area contributed by atoms with Crippen LogP contribution >= 0.6 is 0 Å². The average Bonchev–Trinajstić information content (AvgIpc) is 2.27. The Morgan fingerprint density at radius 1 is 1.25 bits per heavy atom. The molecule has 0 radical (unpaired) electrons. The number of hydrogen-bond acceptors (Lipinski definition) is 2. The van der Waals surface area contributed by atoms with E-state index in [1.54, 1.807) is 12.1 Å². The van der Waals surface area contributed by atoms with Crippen molar-refractivity contribution in [3.05, 3.63) is 29.8 Å². The molecule has 1 aromatic rings. The highest BCUT2D eigenvalue weighted by Crippen LogP contribution is 2.10. The number of anilines is 1. The Labute approximate surface area is 94.3 Å². The molecule has 86 valence electrons. The SMILES string of the molecule is CCCCC(=O)Nc1ccc(C(=O)O)cc1. The molecule has 2 N–H and O–H groups in total. The lowest BCUT2D eigenvalue weighted by Crippen LogP contribution is -2.11. The summed E-state index contributed by atoms with van der Waals surface area (Å²) in [6.07, 6.45) is 2.33. The van der Waals surface area contributed by atoms with Crippen molar-refractivity contribution in [1.29, 1.82) is 0 Å². The second-order valence-corrected chi connectivity index (χ2v) is 3.53. The number of benzene rings is 1. The Hall–Kier alpha value is -1.84. The molecule has 0 saturated carbocycles. The number of amides is 1. The summed E-state index contributed by atoms with van der Waals surface area (Å²) in [6, 6.07) is 6.12. The van der Waals surface area contributed by atoms with Crippen molar-refractivity contribution in [1.82, 2.24) is 0 Å². The first-order valence-corrected chi connectivity index (χ1v) is 5.26. The van der Waals surface area contributed by atoms with Gasteiger partial charge in [0.2, 0.25) is 5.91 Å². The second kappa shape index (κ2) is 5.90. The summed E-state index contributed by atoms with van der Waals surface area (Å²) in [6.45, 7) is 2.02. The van der Waals surface area contributed by atoms with E-state index in [1.165, 1.54) is 12.1 Å². The minimum atomic E-state index is -0.969. The molecule has 0 aliphatic carbocycles. The van der Waals surface area contributed by atoms with Gasteiger partial charge >= 0.3 is 5.97 Å². The Kier molecular flexibility index (Phi) is 4.51. The molecule has 0 aliphatic heterocycles. The van der Waals surface area contributed by atoms with Crippen LogP contribution in [0.5, 0.6) is 0 Å². The fourth-order valence-corrected chi connectivity index (χ4v) is 1.26. The van der Waals surface area contributed by atoms with E-state index in [9.17, 15) is 9.59 Å². The monoisotopic (exact) mass is 221 g/mol. The zero-order valence-electron chi connectivity index (χ0n) is 9.19. The third-order valence-corrected chi connectivity index (χ3v) is 2.17. The third kappa shape index (κ3) is 3.73. The van der Waals surface area contributed by atoms with E-state index in [2.05, 4.69) is 5.32 Å². The lowest BCUT2D eigenvalue weighted by molar-refractivity contribution is -0.116. The largest absolute Gasteiger partial charge is 0.478 e. The van der Waals surface area contributed by atoms with Gasteiger partial charge in [0, 0.05) is 12.1 Å². The molecule has 0 fully saturated rings. The molecule has 4 nitrogen and oxygen atoms in total. The van der Waals surface area contributed by atoms with Gasteiger partial charge in [-0.25, -0.2) is 4.79 Å². The molecule has 0 aliphatic rings. The number of unbranched alkanes of at least 4 members (excludes halogenated alkanes) is 1. The van der Waals surface area contributed by atoms with Gasteiger partial charge in [-0.15, -0.1) is 0 Å². The van der Waals surface area contributed by atoms with E-state index in [-0.39, 0.29) is 11.5 Å². The quantitative estimate of drug-likeness (QED) is 0.802. The molecule has 0 bridgehead atoms. The van der Waals surface area contributed by atoms with Crippen LogP contribution < -0.4 is 5.32 Å². The molecule has 16 heavy (non-hydrogen) atoms. The molecule has 0 aromatic heterocycles. The molecule has 0 saturated heterocycles. The summed E-state index contributed by atoms with van der Waals surface area (Å²) in [5, 5.41) is 11.4. The summed E-state index contributed by atoms with van der Waals surface area (Å²) in [5.74, 6) is -1.01. The van der Waals surface area contributed by atoms with Crippen molar-refractivity contribution in [3.63, 3.8) is 0 Å². The Morgan fingerprint density at radius 3 is 2.38 bits per heavy atom. The Bertz CT molecular complexity index is 370. The molecule has 1 aromatic carbocycles. The summed E-state index contributed by atoms with van der Waals surface area (Å²) < 4.78 is 0. The van der Waals surface area contributed by atoms with Gasteiger partial charge in [-0.05, 0) is 30.7 Å². The zero-order chi connectivity index (χ0) is 12.0. The Balaban J connectivity index is 2.55. The number of carboxylic acids is 1. The van der Waals surface area contributed by atoms with Crippen LogP contribution in [0.15, 0.2) is 24.3 Å². The van der Waals surface area contributed by atoms with Crippen LogP contribution in [0.2, 0.25) is 0 Å². The van der Waals surface area contributed by atoms with Gasteiger partial charge in [-0.1, -0.05) is 13.3 Å². The van der Waals surface area contributed by atoms with Gasteiger partial charge < -0.3 is 10.4 Å². The summed E-state index contributed by atoms with van der Waals surface area (Å²) in [4.78, 5) is 22.0. The molecule has 4 heteroatoms. The average molecular weight is 221 g/mol. The fourth-order valence-electron chi connectivity index (χ4n) is 1.26. The van der Waals surface area contributed by atoms with E-state index in [0.29, 0.717) is 12.1 Å². The Morgan fingerprint density at radius 2 is 1.88 bits per heavy atom. The molecule has 0 spiro atoms. The maximum Gasteiger partial charge on any atom is 0.335 e. The molecule has 0 heterocycles. The smallest absolute Gasteiger partial charge is 0.335 e. The fraction of sp³-hybridized carbons (Fsp3) is 0.333. The summed E-state index contributed by atoms with van der Waals surface area (Å²) in [7, 11) is 0. The van der Waals surface area contributed by atoms with Gasteiger partial charge in [0.15, 0.2) is 0 Å². The highest BCUT2D eigenvalue weighted by Gasteiger charge is 2.04. The lowest BCUT2D eigenvalue weighted by Gasteiger charge is -2.04. The van der Waals surface area contributed by atoms with Gasteiger partial charge in [0.25, 0.3) is 0 Å². The first kappa shape index (κ1) is 12.2. The zero-order valence-corrected chi connectivity index (χ0v) is 9.19. The van der Waals surface area contributed by atoms with Crippen LogP contribution in [0.3, 0.4) is 0 Å². The van der Waals surface area contributed by atoms with Crippen LogP contribution in [-0.2, 0) is 4.79 Å². The van der Waals surface area contributed by atoms with Crippen molar-refractivity contribution in [2.45, 2.75) is 26.2 Å². The van der Waals surface area contributed by atoms with E-state index >= 15 is 0 Å². The number of nitrogens with one attached hydrogen (secondary N) is 1. The van der Waals surface area contributed by atoms with Gasteiger partial charge in [0.05, 0.1) is 5.56 Å². The number of carboxylic acid groups (broad SMARTS) is 1.